The molecule has 4 rings (SSSR count). The van der Waals surface area contributed by atoms with Gasteiger partial charge in [-0.15, -0.1) is 5.10 Å². The maximum atomic E-state index is 14.5. The van der Waals surface area contributed by atoms with Gasteiger partial charge >= 0.3 is 12.1 Å². The van der Waals surface area contributed by atoms with Crippen molar-refractivity contribution in [2.45, 2.75) is 55.8 Å². The summed E-state index contributed by atoms with van der Waals surface area (Å²) in [4.78, 5) is 0. The van der Waals surface area contributed by atoms with Crippen LogP contribution in [0.4, 0.5) is 22.0 Å². The molecule has 0 spiro atoms. The molecular weight excluding hydrogens is 535 g/mol. The van der Waals surface area contributed by atoms with Crippen LogP contribution in [0.25, 0.3) is 0 Å². The number of nitrogens with one attached hydrogen (secondary N) is 1. The molecule has 1 aromatic heterocycles. The highest BCUT2D eigenvalue weighted by Crippen LogP contribution is 2.46. The third-order valence-electron chi connectivity index (χ3n) is 6.15. The molecule has 212 valence electrons. The Morgan fingerprint density at radius 3 is 2.23 bits per heavy atom. The average molecular weight is 560 g/mol. The van der Waals surface area contributed by atoms with Gasteiger partial charge < -0.3 is 34.6 Å². The molecule has 0 amide bonds. The topological polar surface area (TPSA) is 137 Å². The Bertz CT molecular complexity index is 1240. The van der Waals surface area contributed by atoms with Crippen molar-refractivity contribution < 1.29 is 56.6 Å². The number of hydrogen-bond donors (Lipinski definition) is 5. The van der Waals surface area contributed by atoms with Crippen molar-refractivity contribution in [2.75, 3.05) is 6.61 Å². The van der Waals surface area contributed by atoms with E-state index in [0.717, 1.165) is 5.56 Å². The van der Waals surface area contributed by atoms with E-state index in [1.807, 2.05) is 0 Å². The number of alkyl halides is 5. The van der Waals surface area contributed by atoms with Gasteiger partial charge in [0.25, 0.3) is 0 Å². The molecule has 1 fully saturated rings. The molecule has 9 nitrogen and oxygen atoms in total. The van der Waals surface area contributed by atoms with E-state index in [4.69, 9.17) is 14.2 Å². The SMILES string of the molecule is OC[C@H]1OC(Oc2n[nH]c(C(F)(F)C(F)(F)F)c2Cc2ccccc2OCc2ccccc2)[C@H](O)[C@@H](O)[C@@H]1O. The molecule has 2 heterocycles. The minimum Gasteiger partial charge on any atom is -0.489 e. The highest BCUT2D eigenvalue weighted by Gasteiger charge is 2.61. The van der Waals surface area contributed by atoms with E-state index in [1.165, 1.54) is 18.2 Å². The number of H-pyrrole nitrogens is 1. The first-order valence-corrected chi connectivity index (χ1v) is 11.7. The van der Waals surface area contributed by atoms with Crippen LogP contribution in [0.1, 0.15) is 22.4 Å². The standard InChI is InChI=1S/C25H25F5N2O7/c26-24(27,25(28,29)30)21-15(10-14-8-4-5-9-16(14)37-12-13-6-2-1-3-7-13)22(32-31-21)39-23-20(36)19(35)18(34)17(11-33)38-23/h1-9,17-20,23,33-36H,10-12H2,(H,31,32)/t17-,18-,19+,20-,23?/m1/s1. The lowest BCUT2D eigenvalue weighted by Gasteiger charge is -2.39. The van der Waals surface area contributed by atoms with Gasteiger partial charge in [0.05, 0.1) is 6.61 Å². The zero-order chi connectivity index (χ0) is 28.4. The van der Waals surface area contributed by atoms with Gasteiger partial charge in [-0.2, -0.15) is 22.0 Å². The Hall–Kier alpha value is -3.30. The lowest BCUT2D eigenvalue weighted by molar-refractivity contribution is -0.291. The van der Waals surface area contributed by atoms with Crippen LogP contribution in [-0.2, 0) is 23.7 Å². The first kappa shape index (κ1) is 28.7. The number of aliphatic hydroxyl groups is 4. The summed E-state index contributed by atoms with van der Waals surface area (Å²) in [6.45, 7) is -0.731. The molecule has 0 aliphatic carbocycles. The number of hydrogen-bond acceptors (Lipinski definition) is 8. The summed E-state index contributed by atoms with van der Waals surface area (Å²) < 4.78 is 85.4. The van der Waals surface area contributed by atoms with Gasteiger partial charge in [-0.05, 0) is 17.2 Å². The number of aliphatic hydroxyl groups excluding tert-OH is 4. The Morgan fingerprint density at radius 1 is 0.897 bits per heavy atom. The Labute approximate surface area is 218 Å². The summed E-state index contributed by atoms with van der Waals surface area (Å²) in [6, 6.07) is 15.0. The first-order chi connectivity index (χ1) is 18.4. The summed E-state index contributed by atoms with van der Waals surface area (Å²) in [5.41, 5.74) is -1.32. The van der Waals surface area contributed by atoms with Crippen LogP contribution in [-0.4, -0.2) is 74.1 Å². The van der Waals surface area contributed by atoms with Crippen LogP contribution >= 0.6 is 0 Å². The number of benzene rings is 2. The van der Waals surface area contributed by atoms with E-state index in [2.05, 4.69) is 5.10 Å². The van der Waals surface area contributed by atoms with Crippen molar-refractivity contribution in [3.8, 4) is 11.6 Å². The van der Waals surface area contributed by atoms with Crippen LogP contribution in [0.3, 0.4) is 0 Å². The normalized spacial score (nSPS) is 24.0. The van der Waals surface area contributed by atoms with Crippen molar-refractivity contribution in [3.63, 3.8) is 0 Å². The van der Waals surface area contributed by atoms with E-state index in [9.17, 15) is 42.4 Å². The summed E-state index contributed by atoms with van der Waals surface area (Å²) in [6.07, 6.45) is -15.4. The van der Waals surface area contributed by atoms with Gasteiger partial charge in [0.15, 0.2) is 0 Å². The first-order valence-electron chi connectivity index (χ1n) is 11.7. The van der Waals surface area contributed by atoms with Crippen molar-refractivity contribution in [1.82, 2.24) is 10.2 Å². The summed E-state index contributed by atoms with van der Waals surface area (Å²) in [5, 5.41) is 44.7. The molecule has 5 N–H and O–H groups in total. The molecule has 14 heteroatoms. The molecule has 0 bridgehead atoms. The summed E-state index contributed by atoms with van der Waals surface area (Å²) in [7, 11) is 0. The number of aromatic amines is 1. The number of nitrogens with zero attached hydrogens (tertiary/aromatic N) is 1. The van der Waals surface area contributed by atoms with E-state index in [-0.39, 0.29) is 17.9 Å². The van der Waals surface area contributed by atoms with E-state index in [0.29, 0.717) is 0 Å². The molecule has 0 saturated carbocycles. The minimum absolute atomic E-state index is 0.0863. The fourth-order valence-corrected chi connectivity index (χ4v) is 4.00. The van der Waals surface area contributed by atoms with Crippen molar-refractivity contribution in [1.29, 1.82) is 0 Å². The molecule has 1 aliphatic heterocycles. The molecule has 3 aromatic rings. The molecule has 39 heavy (non-hydrogen) atoms. The summed E-state index contributed by atoms with van der Waals surface area (Å²) in [5.74, 6) is -5.95. The zero-order valence-electron chi connectivity index (χ0n) is 20.1. The molecule has 1 aliphatic rings. The van der Waals surface area contributed by atoms with Gasteiger partial charge in [0.2, 0.25) is 12.2 Å². The number of halogens is 5. The molecule has 1 saturated heterocycles. The van der Waals surface area contributed by atoms with Gasteiger partial charge in [0, 0.05) is 12.0 Å². The van der Waals surface area contributed by atoms with Crippen molar-refractivity contribution in [2.24, 2.45) is 0 Å². The number of ether oxygens (including phenoxy) is 3. The Balaban J connectivity index is 1.68. The maximum absolute atomic E-state index is 14.5. The number of rotatable bonds is 9. The largest absolute Gasteiger partial charge is 0.489 e. The average Bonchev–Trinajstić information content (AvgIpc) is 3.31. The zero-order valence-corrected chi connectivity index (χ0v) is 20.1. The third kappa shape index (κ3) is 5.99. The predicted octanol–water partition coefficient (Wildman–Crippen LogP) is 2.41. The van der Waals surface area contributed by atoms with E-state index in [1.54, 1.807) is 41.5 Å². The fourth-order valence-electron chi connectivity index (χ4n) is 4.00. The molecular formula is C25H25F5N2O7. The Kier molecular flexibility index (Phi) is 8.42. The maximum Gasteiger partial charge on any atom is 0.459 e. The van der Waals surface area contributed by atoms with Crippen molar-refractivity contribution in [3.05, 3.63) is 77.0 Å². The van der Waals surface area contributed by atoms with Gasteiger partial charge in [-0.3, -0.25) is 5.10 Å². The van der Waals surface area contributed by atoms with Gasteiger partial charge in [0.1, 0.15) is 42.5 Å². The quantitative estimate of drug-likeness (QED) is 0.252. The van der Waals surface area contributed by atoms with E-state index >= 15 is 0 Å². The monoisotopic (exact) mass is 560 g/mol. The molecule has 2 aromatic carbocycles. The third-order valence-corrected chi connectivity index (χ3v) is 6.15. The smallest absolute Gasteiger partial charge is 0.459 e. The lowest BCUT2D eigenvalue weighted by atomic mass is 9.99. The summed E-state index contributed by atoms with van der Waals surface area (Å²) >= 11 is 0. The number of para-hydroxylation sites is 1. The predicted molar refractivity (Wildman–Crippen MR) is 123 cm³/mol. The van der Waals surface area contributed by atoms with Crippen LogP contribution in [0.2, 0.25) is 0 Å². The van der Waals surface area contributed by atoms with Gasteiger partial charge in [-0.1, -0.05) is 48.5 Å². The van der Waals surface area contributed by atoms with Crippen LogP contribution in [0.15, 0.2) is 54.6 Å². The van der Waals surface area contributed by atoms with E-state index < -0.39 is 73.0 Å². The highest BCUT2D eigenvalue weighted by atomic mass is 19.4. The van der Waals surface area contributed by atoms with Crippen molar-refractivity contribution >= 4 is 0 Å². The van der Waals surface area contributed by atoms with Crippen LogP contribution < -0.4 is 9.47 Å². The molecule has 0 radical (unpaired) electrons. The second kappa shape index (κ2) is 11.4. The van der Waals surface area contributed by atoms with Crippen LogP contribution in [0, 0.1) is 0 Å². The second-order valence-electron chi connectivity index (χ2n) is 8.83. The fraction of sp³-hybridized carbons (Fsp3) is 0.400. The number of aromatic nitrogens is 2. The minimum atomic E-state index is -5.99. The molecule has 1 unspecified atom stereocenters. The second-order valence-corrected chi connectivity index (χ2v) is 8.83. The van der Waals surface area contributed by atoms with Gasteiger partial charge in [-0.25, -0.2) is 0 Å². The lowest BCUT2D eigenvalue weighted by Crippen LogP contribution is -2.60. The Morgan fingerprint density at radius 2 is 1.56 bits per heavy atom. The molecule has 5 atom stereocenters. The highest BCUT2D eigenvalue weighted by molar-refractivity contribution is 5.43. The van der Waals surface area contributed by atoms with Crippen LogP contribution in [0.5, 0.6) is 11.6 Å².